The first-order valence-corrected chi connectivity index (χ1v) is 9.62. The van der Waals surface area contributed by atoms with Crippen LogP contribution < -0.4 is 0 Å². The summed E-state index contributed by atoms with van der Waals surface area (Å²) in [5.74, 6) is -0.913. The molecule has 0 amide bonds. The van der Waals surface area contributed by atoms with Gasteiger partial charge in [0.25, 0.3) is 0 Å². The van der Waals surface area contributed by atoms with Crippen LogP contribution in [0.4, 0.5) is 0 Å². The van der Waals surface area contributed by atoms with E-state index in [9.17, 15) is 9.59 Å². The van der Waals surface area contributed by atoms with Crippen LogP contribution in [0, 0.1) is 0 Å². The van der Waals surface area contributed by atoms with Gasteiger partial charge in [-0.25, -0.2) is 9.59 Å². The van der Waals surface area contributed by atoms with Gasteiger partial charge >= 0.3 is 11.9 Å². The van der Waals surface area contributed by atoms with Crippen molar-refractivity contribution in [3.8, 4) is 11.1 Å². The number of benzene rings is 1. The zero-order chi connectivity index (χ0) is 20.7. The van der Waals surface area contributed by atoms with Crippen LogP contribution >= 0.6 is 0 Å². The summed E-state index contributed by atoms with van der Waals surface area (Å²) in [7, 11) is 1.60. The SMILES string of the molecule is CCOC(=O)c1c(-c2ccccc2)c(C(=O)OCC)n(CCOC)c1C(C)C. The van der Waals surface area contributed by atoms with Gasteiger partial charge in [0, 0.05) is 24.9 Å². The van der Waals surface area contributed by atoms with Crippen LogP contribution in [-0.4, -0.2) is 43.4 Å². The van der Waals surface area contributed by atoms with E-state index in [2.05, 4.69) is 0 Å². The lowest BCUT2D eigenvalue weighted by atomic mass is 9.97. The highest BCUT2D eigenvalue weighted by molar-refractivity contribution is 6.07. The fourth-order valence-electron chi connectivity index (χ4n) is 3.36. The number of rotatable bonds is 9. The van der Waals surface area contributed by atoms with Crippen LogP contribution in [0.2, 0.25) is 0 Å². The fraction of sp³-hybridized carbons (Fsp3) is 0.455. The van der Waals surface area contributed by atoms with Gasteiger partial charge in [-0.3, -0.25) is 0 Å². The topological polar surface area (TPSA) is 66.8 Å². The van der Waals surface area contributed by atoms with Crippen LogP contribution in [-0.2, 0) is 20.8 Å². The maximum Gasteiger partial charge on any atom is 0.355 e. The van der Waals surface area contributed by atoms with E-state index in [1.807, 2.05) is 48.7 Å². The van der Waals surface area contributed by atoms with Crippen molar-refractivity contribution in [3.05, 3.63) is 47.3 Å². The Bertz CT molecular complexity index is 808. The Morgan fingerprint density at radius 2 is 1.61 bits per heavy atom. The van der Waals surface area contributed by atoms with Crippen molar-refractivity contribution in [2.75, 3.05) is 26.9 Å². The molecule has 0 radical (unpaired) electrons. The smallest absolute Gasteiger partial charge is 0.355 e. The maximum atomic E-state index is 13.0. The average molecular weight is 387 g/mol. The zero-order valence-corrected chi connectivity index (χ0v) is 17.3. The van der Waals surface area contributed by atoms with Crippen LogP contribution in [0.5, 0.6) is 0 Å². The zero-order valence-electron chi connectivity index (χ0n) is 17.3. The number of hydrogen-bond acceptors (Lipinski definition) is 5. The first kappa shape index (κ1) is 21.7. The van der Waals surface area contributed by atoms with Crippen molar-refractivity contribution in [1.29, 1.82) is 0 Å². The molecule has 1 aromatic carbocycles. The molecule has 152 valence electrons. The number of hydrogen-bond donors (Lipinski definition) is 0. The van der Waals surface area contributed by atoms with E-state index in [1.54, 1.807) is 21.0 Å². The Morgan fingerprint density at radius 1 is 1.00 bits per heavy atom. The first-order chi connectivity index (χ1) is 13.5. The van der Waals surface area contributed by atoms with Crippen LogP contribution in [0.3, 0.4) is 0 Å². The standard InChI is InChI=1S/C22H29NO5/c1-6-27-21(24)18-17(16-11-9-8-10-12-16)20(22(25)28-7-2)23(13-14-26-5)19(18)15(3)4/h8-12,15H,6-7,13-14H2,1-5H3. The third-order valence-electron chi connectivity index (χ3n) is 4.38. The molecule has 1 heterocycles. The third kappa shape index (κ3) is 4.44. The van der Waals surface area contributed by atoms with Gasteiger partial charge in [0.2, 0.25) is 0 Å². The molecule has 0 bridgehead atoms. The van der Waals surface area contributed by atoms with E-state index in [0.29, 0.717) is 30.0 Å². The molecular formula is C22H29NO5. The van der Waals surface area contributed by atoms with Crippen LogP contribution in [0.1, 0.15) is 60.2 Å². The van der Waals surface area contributed by atoms with Gasteiger partial charge in [-0.2, -0.15) is 0 Å². The summed E-state index contributed by atoms with van der Waals surface area (Å²) < 4.78 is 17.8. The second-order valence-electron chi connectivity index (χ2n) is 6.59. The van der Waals surface area contributed by atoms with Crippen LogP contribution in [0.15, 0.2) is 30.3 Å². The quantitative estimate of drug-likeness (QED) is 0.601. The molecule has 6 heteroatoms. The molecule has 6 nitrogen and oxygen atoms in total. The first-order valence-electron chi connectivity index (χ1n) is 9.62. The summed E-state index contributed by atoms with van der Waals surface area (Å²) in [4.78, 5) is 25.9. The van der Waals surface area contributed by atoms with Crippen molar-refractivity contribution >= 4 is 11.9 Å². The molecule has 28 heavy (non-hydrogen) atoms. The molecule has 0 aliphatic heterocycles. The Labute approximate surface area is 166 Å². The van der Waals surface area contributed by atoms with Gasteiger partial charge < -0.3 is 18.8 Å². The Balaban J connectivity index is 2.90. The number of carbonyl (C=O) groups is 2. The largest absolute Gasteiger partial charge is 0.462 e. The summed E-state index contributed by atoms with van der Waals surface area (Å²) >= 11 is 0. The van der Waals surface area contributed by atoms with Crippen LogP contribution in [0.25, 0.3) is 11.1 Å². The summed E-state index contributed by atoms with van der Waals surface area (Å²) in [6, 6.07) is 9.40. The molecule has 0 unspecified atom stereocenters. The highest BCUT2D eigenvalue weighted by Crippen LogP contribution is 2.37. The normalized spacial score (nSPS) is 10.9. The van der Waals surface area contributed by atoms with Crippen molar-refractivity contribution in [1.82, 2.24) is 4.57 Å². The minimum absolute atomic E-state index is 0.0121. The number of methoxy groups -OCH3 is 1. The molecule has 0 spiro atoms. The van der Waals surface area contributed by atoms with E-state index >= 15 is 0 Å². The summed E-state index contributed by atoms with van der Waals surface area (Å²) in [5, 5.41) is 0. The second kappa shape index (κ2) is 10.1. The predicted molar refractivity (Wildman–Crippen MR) is 108 cm³/mol. The molecule has 1 aromatic heterocycles. The lowest BCUT2D eigenvalue weighted by Gasteiger charge is -2.15. The number of carbonyl (C=O) groups excluding carboxylic acids is 2. The Morgan fingerprint density at radius 3 is 2.14 bits per heavy atom. The summed E-state index contributed by atoms with van der Waals surface area (Å²) in [6.45, 7) is 8.84. The highest BCUT2D eigenvalue weighted by atomic mass is 16.5. The van der Waals surface area contributed by atoms with Crippen molar-refractivity contribution < 1.29 is 23.8 Å². The molecular weight excluding hydrogens is 358 g/mol. The van der Waals surface area contributed by atoms with Gasteiger partial charge in [-0.05, 0) is 25.3 Å². The lowest BCUT2D eigenvalue weighted by molar-refractivity contribution is 0.0508. The minimum Gasteiger partial charge on any atom is -0.462 e. The number of esters is 2. The minimum atomic E-state index is -0.463. The van der Waals surface area contributed by atoms with E-state index in [1.165, 1.54) is 0 Å². The van der Waals surface area contributed by atoms with E-state index in [0.717, 1.165) is 11.3 Å². The third-order valence-corrected chi connectivity index (χ3v) is 4.38. The molecule has 0 saturated heterocycles. The average Bonchev–Trinajstić information content (AvgIpc) is 3.03. The van der Waals surface area contributed by atoms with E-state index in [-0.39, 0.29) is 19.1 Å². The van der Waals surface area contributed by atoms with E-state index < -0.39 is 11.9 Å². The number of aromatic nitrogens is 1. The molecule has 2 rings (SSSR count). The van der Waals surface area contributed by atoms with Crippen molar-refractivity contribution in [3.63, 3.8) is 0 Å². The number of ether oxygens (including phenoxy) is 3. The molecule has 0 fully saturated rings. The molecule has 0 atom stereocenters. The van der Waals surface area contributed by atoms with Gasteiger partial charge in [-0.1, -0.05) is 44.2 Å². The molecule has 0 N–H and O–H groups in total. The molecule has 0 aliphatic carbocycles. The summed E-state index contributed by atoms with van der Waals surface area (Å²) in [6.07, 6.45) is 0. The fourth-order valence-corrected chi connectivity index (χ4v) is 3.36. The van der Waals surface area contributed by atoms with Gasteiger partial charge in [0.15, 0.2) is 0 Å². The molecule has 0 aliphatic rings. The molecule has 0 saturated carbocycles. The highest BCUT2D eigenvalue weighted by Gasteiger charge is 2.33. The maximum absolute atomic E-state index is 13.0. The van der Waals surface area contributed by atoms with Crippen molar-refractivity contribution in [2.24, 2.45) is 0 Å². The monoisotopic (exact) mass is 387 g/mol. The van der Waals surface area contributed by atoms with Gasteiger partial charge in [0.05, 0.1) is 25.4 Å². The predicted octanol–water partition coefficient (Wildman–Crippen LogP) is 4.28. The van der Waals surface area contributed by atoms with Gasteiger partial charge in [-0.15, -0.1) is 0 Å². The van der Waals surface area contributed by atoms with Gasteiger partial charge in [0.1, 0.15) is 5.69 Å². The Hall–Kier alpha value is -2.60. The molecule has 2 aromatic rings. The van der Waals surface area contributed by atoms with E-state index in [4.69, 9.17) is 14.2 Å². The Kier molecular flexibility index (Phi) is 7.81. The number of nitrogens with zero attached hydrogens (tertiary/aromatic N) is 1. The summed E-state index contributed by atoms with van der Waals surface area (Å²) in [5.41, 5.74) is 2.85. The second-order valence-corrected chi connectivity index (χ2v) is 6.59. The van der Waals surface area contributed by atoms with Crippen molar-refractivity contribution in [2.45, 2.75) is 40.2 Å². The lowest BCUT2D eigenvalue weighted by Crippen LogP contribution is -2.18.